The van der Waals surface area contributed by atoms with Crippen LogP contribution in [0.2, 0.25) is 0 Å². The van der Waals surface area contributed by atoms with Crippen LogP contribution in [0.4, 0.5) is 0 Å². The SMILES string of the molecule is CCCNC(=O)[C@H](CC)N(Cc1ccccc1C)C(=O)CCc1ccc(OCC)c(OCC)c1. The fourth-order valence-corrected chi connectivity index (χ4v) is 3.90. The van der Waals surface area contributed by atoms with Crippen LogP contribution < -0.4 is 14.8 Å². The van der Waals surface area contributed by atoms with Crippen molar-refractivity contribution in [2.45, 2.75) is 72.9 Å². The topological polar surface area (TPSA) is 67.9 Å². The molecule has 34 heavy (non-hydrogen) atoms. The molecule has 6 nitrogen and oxygen atoms in total. The van der Waals surface area contributed by atoms with Crippen LogP contribution in [0.15, 0.2) is 42.5 Å². The molecule has 2 amide bonds. The molecular weight excluding hydrogens is 428 g/mol. The fourth-order valence-electron chi connectivity index (χ4n) is 3.90. The van der Waals surface area contributed by atoms with Gasteiger partial charge in [0.25, 0.3) is 0 Å². The van der Waals surface area contributed by atoms with E-state index in [-0.39, 0.29) is 11.8 Å². The van der Waals surface area contributed by atoms with Crippen LogP contribution in [-0.4, -0.2) is 42.5 Å². The highest BCUT2D eigenvalue weighted by molar-refractivity contribution is 5.87. The summed E-state index contributed by atoms with van der Waals surface area (Å²) in [4.78, 5) is 28.1. The Labute approximate surface area is 204 Å². The van der Waals surface area contributed by atoms with Gasteiger partial charge in [0.05, 0.1) is 13.2 Å². The minimum absolute atomic E-state index is 0.0337. The van der Waals surface area contributed by atoms with Crippen molar-refractivity contribution in [1.82, 2.24) is 10.2 Å². The van der Waals surface area contributed by atoms with Crippen molar-refractivity contribution in [3.05, 3.63) is 59.2 Å². The molecule has 2 aromatic carbocycles. The monoisotopic (exact) mass is 468 g/mol. The zero-order valence-corrected chi connectivity index (χ0v) is 21.4. The summed E-state index contributed by atoms with van der Waals surface area (Å²) in [5, 5.41) is 2.97. The van der Waals surface area contributed by atoms with Gasteiger partial charge in [0.15, 0.2) is 11.5 Å². The minimum Gasteiger partial charge on any atom is -0.490 e. The Morgan fingerprint density at radius 1 is 0.971 bits per heavy atom. The lowest BCUT2D eigenvalue weighted by molar-refractivity contribution is -0.141. The summed E-state index contributed by atoms with van der Waals surface area (Å²) >= 11 is 0. The van der Waals surface area contributed by atoms with Gasteiger partial charge in [-0.3, -0.25) is 9.59 Å². The molecule has 0 saturated heterocycles. The molecule has 0 fully saturated rings. The average Bonchev–Trinajstić information content (AvgIpc) is 2.83. The molecule has 0 heterocycles. The van der Waals surface area contributed by atoms with Gasteiger partial charge in [0.2, 0.25) is 11.8 Å². The third-order valence-corrected chi connectivity index (χ3v) is 5.77. The third kappa shape index (κ3) is 7.79. The van der Waals surface area contributed by atoms with E-state index in [0.29, 0.717) is 57.1 Å². The molecule has 0 bridgehead atoms. The second kappa shape index (κ2) is 14.3. The number of nitrogens with one attached hydrogen (secondary N) is 1. The van der Waals surface area contributed by atoms with E-state index in [4.69, 9.17) is 9.47 Å². The predicted octanol–water partition coefficient (Wildman–Crippen LogP) is 5.06. The van der Waals surface area contributed by atoms with E-state index in [9.17, 15) is 9.59 Å². The van der Waals surface area contributed by atoms with E-state index >= 15 is 0 Å². The van der Waals surface area contributed by atoms with E-state index < -0.39 is 6.04 Å². The van der Waals surface area contributed by atoms with E-state index in [0.717, 1.165) is 23.1 Å². The quantitative estimate of drug-likeness (QED) is 0.421. The zero-order chi connectivity index (χ0) is 24.9. The second-order valence-electron chi connectivity index (χ2n) is 8.31. The smallest absolute Gasteiger partial charge is 0.242 e. The fraction of sp³-hybridized carbons (Fsp3) is 0.500. The summed E-state index contributed by atoms with van der Waals surface area (Å²) in [6.45, 7) is 12.0. The molecule has 2 aromatic rings. The molecule has 1 atom stereocenters. The normalized spacial score (nSPS) is 11.6. The Morgan fingerprint density at radius 2 is 1.68 bits per heavy atom. The number of hydrogen-bond acceptors (Lipinski definition) is 4. The first-order chi connectivity index (χ1) is 16.4. The first kappa shape index (κ1) is 27.2. The van der Waals surface area contributed by atoms with Crippen LogP contribution in [0.5, 0.6) is 11.5 Å². The number of hydrogen-bond donors (Lipinski definition) is 1. The number of benzene rings is 2. The highest BCUT2D eigenvalue weighted by Gasteiger charge is 2.28. The molecule has 0 spiro atoms. The van der Waals surface area contributed by atoms with Crippen molar-refractivity contribution < 1.29 is 19.1 Å². The first-order valence-corrected chi connectivity index (χ1v) is 12.4. The molecule has 0 saturated carbocycles. The van der Waals surface area contributed by atoms with Gasteiger partial charge in [-0.1, -0.05) is 44.2 Å². The minimum atomic E-state index is -0.502. The molecule has 1 N–H and O–H groups in total. The number of carbonyl (C=O) groups is 2. The maximum absolute atomic E-state index is 13.5. The third-order valence-electron chi connectivity index (χ3n) is 5.77. The summed E-state index contributed by atoms with van der Waals surface area (Å²) in [6.07, 6.45) is 2.28. The van der Waals surface area contributed by atoms with Gasteiger partial charge in [0.1, 0.15) is 6.04 Å². The molecule has 2 rings (SSSR count). The van der Waals surface area contributed by atoms with Crippen LogP contribution in [0.25, 0.3) is 0 Å². The van der Waals surface area contributed by atoms with E-state index in [1.807, 2.05) is 77.1 Å². The van der Waals surface area contributed by atoms with Gasteiger partial charge in [-0.2, -0.15) is 0 Å². The Kier molecular flexibility index (Phi) is 11.4. The van der Waals surface area contributed by atoms with Crippen LogP contribution in [-0.2, 0) is 22.6 Å². The summed E-state index contributed by atoms with van der Waals surface area (Å²) in [6, 6.07) is 13.3. The Bertz CT molecular complexity index is 928. The van der Waals surface area contributed by atoms with E-state index in [2.05, 4.69) is 5.32 Å². The number of rotatable bonds is 14. The molecule has 0 aliphatic rings. The highest BCUT2D eigenvalue weighted by Crippen LogP contribution is 2.29. The number of carbonyl (C=O) groups excluding carboxylic acids is 2. The number of amides is 2. The van der Waals surface area contributed by atoms with Crippen molar-refractivity contribution in [3.8, 4) is 11.5 Å². The van der Waals surface area contributed by atoms with Gasteiger partial charge in [-0.25, -0.2) is 0 Å². The average molecular weight is 469 g/mol. The summed E-state index contributed by atoms with van der Waals surface area (Å²) in [5.74, 6) is 1.27. The van der Waals surface area contributed by atoms with E-state index in [1.54, 1.807) is 4.90 Å². The lowest BCUT2D eigenvalue weighted by atomic mass is 10.0. The highest BCUT2D eigenvalue weighted by atomic mass is 16.5. The van der Waals surface area contributed by atoms with E-state index in [1.165, 1.54) is 0 Å². The first-order valence-electron chi connectivity index (χ1n) is 12.4. The summed E-state index contributed by atoms with van der Waals surface area (Å²) < 4.78 is 11.4. The number of nitrogens with zero attached hydrogens (tertiary/aromatic N) is 1. The van der Waals surface area contributed by atoms with Crippen molar-refractivity contribution in [1.29, 1.82) is 0 Å². The van der Waals surface area contributed by atoms with Gasteiger partial charge in [-0.15, -0.1) is 0 Å². The van der Waals surface area contributed by atoms with Gasteiger partial charge in [0, 0.05) is 19.5 Å². The van der Waals surface area contributed by atoms with Crippen LogP contribution >= 0.6 is 0 Å². The maximum Gasteiger partial charge on any atom is 0.242 e. The Morgan fingerprint density at radius 3 is 2.32 bits per heavy atom. The molecule has 0 unspecified atom stereocenters. The number of ether oxygens (including phenoxy) is 2. The Balaban J connectivity index is 2.22. The molecule has 0 aliphatic carbocycles. The molecule has 6 heteroatoms. The van der Waals surface area contributed by atoms with Crippen LogP contribution in [0.3, 0.4) is 0 Å². The van der Waals surface area contributed by atoms with Crippen molar-refractivity contribution in [2.24, 2.45) is 0 Å². The van der Waals surface area contributed by atoms with Crippen molar-refractivity contribution in [2.75, 3.05) is 19.8 Å². The van der Waals surface area contributed by atoms with Crippen molar-refractivity contribution in [3.63, 3.8) is 0 Å². The van der Waals surface area contributed by atoms with Crippen LogP contribution in [0, 0.1) is 6.92 Å². The molecule has 0 radical (unpaired) electrons. The standard InChI is InChI=1S/C28H40N2O4/c1-6-18-29-28(32)24(7-2)30(20-23-13-11-10-12-21(23)5)27(31)17-15-22-14-16-25(33-8-3)26(19-22)34-9-4/h10-14,16,19,24H,6-9,15,17-18,20H2,1-5H3,(H,29,32)/t24-/m0/s1. The van der Waals surface area contributed by atoms with Gasteiger partial charge >= 0.3 is 0 Å². The van der Waals surface area contributed by atoms with Crippen molar-refractivity contribution >= 4 is 11.8 Å². The molecule has 0 aromatic heterocycles. The second-order valence-corrected chi connectivity index (χ2v) is 8.31. The Hall–Kier alpha value is -3.02. The summed E-state index contributed by atoms with van der Waals surface area (Å²) in [7, 11) is 0. The van der Waals surface area contributed by atoms with Crippen LogP contribution in [0.1, 0.15) is 63.6 Å². The summed E-state index contributed by atoms with van der Waals surface area (Å²) in [5.41, 5.74) is 3.16. The molecule has 0 aliphatic heterocycles. The zero-order valence-electron chi connectivity index (χ0n) is 21.4. The van der Waals surface area contributed by atoms with Gasteiger partial charge < -0.3 is 19.7 Å². The molecular formula is C28H40N2O4. The predicted molar refractivity (Wildman–Crippen MR) is 136 cm³/mol. The number of aryl methyl sites for hydroxylation is 2. The largest absolute Gasteiger partial charge is 0.490 e. The van der Waals surface area contributed by atoms with Gasteiger partial charge in [-0.05, 0) is 68.9 Å². The lowest BCUT2D eigenvalue weighted by Crippen LogP contribution is -2.49. The lowest BCUT2D eigenvalue weighted by Gasteiger charge is -2.31. The maximum atomic E-state index is 13.5. The molecule has 186 valence electrons.